The molecule has 0 aliphatic carbocycles. The van der Waals surface area contributed by atoms with E-state index in [-0.39, 0.29) is 6.42 Å². The standard InChI is InChI=1S/C11H10BrNO2/c1-7-2-8(5-12)10(4-11(14)15)9(3-7)6-13/h2-3H,4-5H2,1H3,(H,14,15). The number of hydrogen-bond acceptors (Lipinski definition) is 2. The second-order valence-corrected chi connectivity index (χ2v) is 3.83. The summed E-state index contributed by atoms with van der Waals surface area (Å²) in [4.78, 5) is 10.7. The van der Waals surface area contributed by atoms with E-state index in [1.807, 2.05) is 19.1 Å². The van der Waals surface area contributed by atoms with Gasteiger partial charge in [0.05, 0.1) is 18.1 Å². The number of aliphatic carboxylic acids is 1. The van der Waals surface area contributed by atoms with Crippen LogP contribution in [0.15, 0.2) is 12.1 Å². The van der Waals surface area contributed by atoms with Gasteiger partial charge >= 0.3 is 5.97 Å². The molecule has 15 heavy (non-hydrogen) atoms. The molecule has 0 unspecified atom stereocenters. The SMILES string of the molecule is Cc1cc(C#N)c(CC(=O)O)c(CBr)c1. The minimum absolute atomic E-state index is 0.107. The zero-order chi connectivity index (χ0) is 11.4. The van der Waals surface area contributed by atoms with Crippen LogP contribution in [0, 0.1) is 18.3 Å². The Labute approximate surface area is 96.5 Å². The first kappa shape index (κ1) is 11.7. The van der Waals surface area contributed by atoms with Gasteiger partial charge in [0.15, 0.2) is 0 Å². The van der Waals surface area contributed by atoms with E-state index in [4.69, 9.17) is 10.4 Å². The lowest BCUT2D eigenvalue weighted by molar-refractivity contribution is -0.136. The molecule has 0 bridgehead atoms. The first-order valence-electron chi connectivity index (χ1n) is 4.38. The summed E-state index contributed by atoms with van der Waals surface area (Å²) in [5, 5.41) is 18.2. The van der Waals surface area contributed by atoms with Crippen LogP contribution in [-0.2, 0) is 16.5 Å². The van der Waals surface area contributed by atoms with Crippen molar-refractivity contribution in [1.29, 1.82) is 5.26 Å². The van der Waals surface area contributed by atoms with E-state index in [0.717, 1.165) is 11.1 Å². The topological polar surface area (TPSA) is 61.1 Å². The molecular weight excluding hydrogens is 258 g/mol. The van der Waals surface area contributed by atoms with Gasteiger partial charge in [0.2, 0.25) is 0 Å². The number of benzene rings is 1. The largest absolute Gasteiger partial charge is 0.481 e. The van der Waals surface area contributed by atoms with Crippen LogP contribution in [0.2, 0.25) is 0 Å². The van der Waals surface area contributed by atoms with Crippen molar-refractivity contribution in [2.45, 2.75) is 18.7 Å². The van der Waals surface area contributed by atoms with E-state index in [2.05, 4.69) is 15.9 Å². The summed E-state index contributed by atoms with van der Waals surface area (Å²) < 4.78 is 0. The van der Waals surface area contributed by atoms with Crippen molar-refractivity contribution in [2.75, 3.05) is 0 Å². The Morgan fingerprint density at radius 2 is 2.27 bits per heavy atom. The summed E-state index contributed by atoms with van der Waals surface area (Å²) in [7, 11) is 0. The Balaban J connectivity index is 3.31. The summed E-state index contributed by atoms with van der Waals surface area (Å²) in [6.07, 6.45) is -0.107. The predicted molar refractivity (Wildman–Crippen MR) is 59.9 cm³/mol. The predicted octanol–water partition coefficient (Wildman–Crippen LogP) is 2.39. The van der Waals surface area contributed by atoms with E-state index in [1.54, 1.807) is 6.07 Å². The molecule has 4 heteroatoms. The molecule has 0 fully saturated rings. The highest BCUT2D eigenvalue weighted by molar-refractivity contribution is 9.08. The normalized spacial score (nSPS) is 9.67. The summed E-state index contributed by atoms with van der Waals surface area (Å²) in [6, 6.07) is 5.64. The van der Waals surface area contributed by atoms with Crippen molar-refractivity contribution in [1.82, 2.24) is 0 Å². The number of carboxylic acids is 1. The molecule has 1 aromatic rings. The van der Waals surface area contributed by atoms with Crippen LogP contribution in [0.25, 0.3) is 0 Å². The van der Waals surface area contributed by atoms with Gasteiger partial charge in [0, 0.05) is 5.33 Å². The third kappa shape index (κ3) is 2.80. The van der Waals surface area contributed by atoms with E-state index in [9.17, 15) is 4.79 Å². The van der Waals surface area contributed by atoms with Gasteiger partial charge in [-0.15, -0.1) is 0 Å². The van der Waals surface area contributed by atoms with Gasteiger partial charge in [-0.3, -0.25) is 4.79 Å². The number of nitrogens with zero attached hydrogens (tertiary/aromatic N) is 1. The molecular formula is C11H10BrNO2. The van der Waals surface area contributed by atoms with Gasteiger partial charge < -0.3 is 5.11 Å². The third-order valence-corrected chi connectivity index (χ3v) is 2.68. The van der Waals surface area contributed by atoms with Gasteiger partial charge in [-0.05, 0) is 29.7 Å². The Bertz CT molecular complexity index is 435. The maximum atomic E-state index is 10.7. The third-order valence-electron chi connectivity index (χ3n) is 2.08. The van der Waals surface area contributed by atoms with Crippen molar-refractivity contribution in [3.05, 3.63) is 34.4 Å². The lowest BCUT2D eigenvalue weighted by Gasteiger charge is -2.08. The number of alkyl halides is 1. The molecule has 0 amide bonds. The zero-order valence-electron chi connectivity index (χ0n) is 8.25. The van der Waals surface area contributed by atoms with Crippen LogP contribution in [-0.4, -0.2) is 11.1 Å². The first-order valence-corrected chi connectivity index (χ1v) is 5.51. The Morgan fingerprint density at radius 1 is 1.60 bits per heavy atom. The molecule has 0 radical (unpaired) electrons. The van der Waals surface area contributed by atoms with E-state index in [0.29, 0.717) is 16.5 Å². The highest BCUT2D eigenvalue weighted by atomic mass is 79.9. The molecule has 0 saturated carbocycles. The molecule has 1 N–H and O–H groups in total. The van der Waals surface area contributed by atoms with Crippen LogP contribution < -0.4 is 0 Å². The fourth-order valence-corrected chi connectivity index (χ4v) is 1.97. The lowest BCUT2D eigenvalue weighted by Crippen LogP contribution is -2.06. The number of carbonyl (C=O) groups is 1. The highest BCUT2D eigenvalue weighted by Gasteiger charge is 2.12. The molecule has 0 spiro atoms. The second kappa shape index (κ2) is 4.94. The number of rotatable bonds is 3. The average Bonchev–Trinajstić information content (AvgIpc) is 2.19. The molecule has 0 aromatic heterocycles. The van der Waals surface area contributed by atoms with Crippen molar-refractivity contribution in [3.8, 4) is 6.07 Å². The maximum absolute atomic E-state index is 10.7. The van der Waals surface area contributed by atoms with Crippen LogP contribution >= 0.6 is 15.9 Å². The summed E-state index contributed by atoms with van der Waals surface area (Å²) in [6.45, 7) is 1.89. The molecule has 1 aromatic carbocycles. The van der Waals surface area contributed by atoms with Gasteiger partial charge in [-0.1, -0.05) is 22.0 Å². The van der Waals surface area contributed by atoms with Crippen LogP contribution in [0.1, 0.15) is 22.3 Å². The Hall–Kier alpha value is -1.34. The number of halogens is 1. The number of aryl methyl sites for hydroxylation is 1. The molecule has 78 valence electrons. The molecule has 0 heterocycles. The zero-order valence-corrected chi connectivity index (χ0v) is 9.84. The molecule has 0 aliphatic rings. The molecule has 0 saturated heterocycles. The molecule has 0 atom stereocenters. The fourth-order valence-electron chi connectivity index (χ4n) is 1.47. The van der Waals surface area contributed by atoms with Crippen LogP contribution in [0.4, 0.5) is 0 Å². The second-order valence-electron chi connectivity index (χ2n) is 3.27. The van der Waals surface area contributed by atoms with E-state index < -0.39 is 5.97 Å². The van der Waals surface area contributed by atoms with E-state index in [1.165, 1.54) is 0 Å². The van der Waals surface area contributed by atoms with Crippen molar-refractivity contribution < 1.29 is 9.90 Å². The fraction of sp³-hybridized carbons (Fsp3) is 0.273. The number of carboxylic acid groups (broad SMARTS) is 1. The molecule has 1 rings (SSSR count). The van der Waals surface area contributed by atoms with Gasteiger partial charge in [0.25, 0.3) is 0 Å². The maximum Gasteiger partial charge on any atom is 0.307 e. The quantitative estimate of drug-likeness (QED) is 0.856. The molecule has 3 nitrogen and oxygen atoms in total. The Morgan fingerprint density at radius 3 is 2.73 bits per heavy atom. The Kier molecular flexibility index (Phi) is 3.87. The minimum Gasteiger partial charge on any atom is -0.481 e. The van der Waals surface area contributed by atoms with Gasteiger partial charge in [0.1, 0.15) is 0 Å². The number of nitriles is 1. The van der Waals surface area contributed by atoms with Crippen molar-refractivity contribution >= 4 is 21.9 Å². The van der Waals surface area contributed by atoms with E-state index >= 15 is 0 Å². The summed E-state index contributed by atoms with van der Waals surface area (Å²) in [5.74, 6) is -0.919. The smallest absolute Gasteiger partial charge is 0.307 e. The van der Waals surface area contributed by atoms with Gasteiger partial charge in [-0.25, -0.2) is 0 Å². The van der Waals surface area contributed by atoms with Crippen molar-refractivity contribution in [2.24, 2.45) is 0 Å². The van der Waals surface area contributed by atoms with Crippen molar-refractivity contribution in [3.63, 3.8) is 0 Å². The van der Waals surface area contributed by atoms with Gasteiger partial charge in [-0.2, -0.15) is 5.26 Å². The number of hydrogen-bond donors (Lipinski definition) is 1. The highest BCUT2D eigenvalue weighted by Crippen LogP contribution is 2.20. The average molecular weight is 268 g/mol. The van der Waals surface area contributed by atoms with Crippen LogP contribution in [0.3, 0.4) is 0 Å². The minimum atomic E-state index is -0.919. The molecule has 0 aliphatic heterocycles. The summed E-state index contributed by atoms with van der Waals surface area (Å²) >= 11 is 3.29. The summed E-state index contributed by atoms with van der Waals surface area (Å²) in [5.41, 5.74) is 2.89. The first-order chi connectivity index (χ1) is 7.08. The lowest BCUT2D eigenvalue weighted by atomic mass is 9.97. The monoisotopic (exact) mass is 267 g/mol. The van der Waals surface area contributed by atoms with Crippen LogP contribution in [0.5, 0.6) is 0 Å².